The smallest absolute Gasteiger partial charge is 0.0195 e. The Bertz CT molecular complexity index is 11.9. The zero-order valence-electron chi connectivity index (χ0n) is 4.41. The Hall–Kier alpha value is -0.0400. The van der Waals surface area contributed by atoms with Gasteiger partial charge in [0, 0.05) is 0 Å². The molecular weight excluding hydrogens is 74.1 g/mol. The van der Waals surface area contributed by atoms with E-state index in [9.17, 15) is 0 Å². The van der Waals surface area contributed by atoms with E-state index in [-0.39, 0.29) is 0 Å². The Morgan fingerprint density at radius 1 is 0.833 bits per heavy atom. The number of rotatable bonds is 0. The van der Waals surface area contributed by atoms with Crippen LogP contribution in [0.4, 0.5) is 0 Å². The normalized spacial score (nSPS) is 17.0. The average molecular weight is 87.2 g/mol. The second-order valence-electron chi connectivity index (χ2n) is 1.41. The molecule has 0 spiro atoms. The number of hydrogen-bond acceptors (Lipinski definition) is 1. The highest BCUT2D eigenvalue weighted by molar-refractivity contribution is 4.50. The lowest BCUT2D eigenvalue weighted by Crippen LogP contribution is -1.85. The highest BCUT2D eigenvalue weighted by Crippen LogP contribution is 2.15. The summed E-state index contributed by atoms with van der Waals surface area (Å²) >= 11 is 0. The second-order valence-corrected chi connectivity index (χ2v) is 1.41. The summed E-state index contributed by atoms with van der Waals surface area (Å²) in [6.45, 7) is 0. The Morgan fingerprint density at radius 2 is 1.00 bits per heavy atom. The molecule has 0 aromatic rings. The average Bonchev–Trinajstić information content (AvgIpc) is 1.36. The van der Waals surface area contributed by atoms with Crippen molar-refractivity contribution < 1.29 is 0 Å². The van der Waals surface area contributed by atoms with Gasteiger partial charge in [0.05, 0.1) is 0 Å². The van der Waals surface area contributed by atoms with Crippen molar-refractivity contribution in [2.24, 2.45) is 5.73 Å². The molecular formula is C5H13N. The van der Waals surface area contributed by atoms with Gasteiger partial charge in [-0.1, -0.05) is 25.7 Å². The van der Waals surface area contributed by atoms with Gasteiger partial charge < -0.3 is 5.73 Å². The lowest BCUT2D eigenvalue weighted by atomic mass is 10.0. The monoisotopic (exact) mass is 87.1 g/mol. The summed E-state index contributed by atoms with van der Waals surface area (Å²) in [6.07, 6.45) is 6.00. The minimum Gasteiger partial charge on any atom is -0.333 e. The molecule has 0 atom stereocenters. The van der Waals surface area contributed by atoms with Crippen molar-refractivity contribution >= 4 is 0 Å². The fourth-order valence-electron chi connectivity index (χ4n) is 0.250. The summed E-state index contributed by atoms with van der Waals surface area (Å²) < 4.78 is 0. The molecule has 0 unspecified atom stereocenters. The third kappa shape index (κ3) is 2.21. The SMILES string of the molecule is C1CCC1.CN. The first-order chi connectivity index (χ1) is 3.00. The minimum absolute atomic E-state index is 1.50. The first-order valence-corrected chi connectivity index (χ1v) is 2.58. The molecule has 0 aromatic carbocycles. The minimum atomic E-state index is 1.50. The van der Waals surface area contributed by atoms with Crippen molar-refractivity contribution in [3.8, 4) is 0 Å². The van der Waals surface area contributed by atoms with Crippen molar-refractivity contribution in [2.45, 2.75) is 25.7 Å². The maximum absolute atomic E-state index is 4.50. The highest BCUT2D eigenvalue weighted by Gasteiger charge is 1.95. The molecule has 1 heteroatoms. The van der Waals surface area contributed by atoms with Gasteiger partial charge in [-0.05, 0) is 7.05 Å². The van der Waals surface area contributed by atoms with Crippen LogP contribution in [0.5, 0.6) is 0 Å². The zero-order chi connectivity index (χ0) is 4.83. The molecule has 1 nitrogen and oxygen atoms in total. The molecule has 0 saturated heterocycles. The Morgan fingerprint density at radius 3 is 1.00 bits per heavy atom. The number of nitrogens with two attached hydrogens (primary N) is 1. The maximum atomic E-state index is 4.50. The molecule has 1 aliphatic rings. The Kier molecular flexibility index (Phi) is 4.93. The van der Waals surface area contributed by atoms with Crippen molar-refractivity contribution in [2.75, 3.05) is 7.05 Å². The van der Waals surface area contributed by atoms with Crippen LogP contribution in [-0.2, 0) is 0 Å². The van der Waals surface area contributed by atoms with Crippen LogP contribution < -0.4 is 5.73 Å². The van der Waals surface area contributed by atoms with Gasteiger partial charge in [0.25, 0.3) is 0 Å². The van der Waals surface area contributed by atoms with Crippen LogP contribution in [0.3, 0.4) is 0 Å². The van der Waals surface area contributed by atoms with E-state index in [1.54, 1.807) is 0 Å². The Balaban J connectivity index is 0.000000112. The topological polar surface area (TPSA) is 26.0 Å². The molecule has 6 heavy (non-hydrogen) atoms. The molecule has 0 aliphatic heterocycles. The summed E-state index contributed by atoms with van der Waals surface area (Å²) in [6, 6.07) is 0. The first kappa shape index (κ1) is 5.96. The quantitative estimate of drug-likeness (QED) is 0.471. The van der Waals surface area contributed by atoms with Crippen LogP contribution >= 0.6 is 0 Å². The van der Waals surface area contributed by atoms with Crippen LogP contribution in [0, 0.1) is 0 Å². The van der Waals surface area contributed by atoms with Gasteiger partial charge in [-0.15, -0.1) is 0 Å². The molecule has 2 N–H and O–H groups in total. The largest absolute Gasteiger partial charge is 0.333 e. The van der Waals surface area contributed by atoms with Crippen LogP contribution in [0.1, 0.15) is 25.7 Å². The molecule has 0 bridgehead atoms. The van der Waals surface area contributed by atoms with Gasteiger partial charge in [-0.2, -0.15) is 0 Å². The van der Waals surface area contributed by atoms with Crippen molar-refractivity contribution in [3.63, 3.8) is 0 Å². The van der Waals surface area contributed by atoms with Gasteiger partial charge >= 0.3 is 0 Å². The first-order valence-electron chi connectivity index (χ1n) is 2.58. The zero-order valence-corrected chi connectivity index (χ0v) is 4.41. The maximum Gasteiger partial charge on any atom is -0.0195 e. The van der Waals surface area contributed by atoms with Crippen molar-refractivity contribution in [1.29, 1.82) is 0 Å². The highest BCUT2D eigenvalue weighted by atomic mass is 14.4. The van der Waals surface area contributed by atoms with E-state index in [1.807, 2.05) is 0 Å². The predicted molar refractivity (Wildman–Crippen MR) is 28.6 cm³/mol. The van der Waals surface area contributed by atoms with E-state index in [4.69, 9.17) is 0 Å². The van der Waals surface area contributed by atoms with E-state index < -0.39 is 0 Å². The van der Waals surface area contributed by atoms with Gasteiger partial charge in [0.1, 0.15) is 0 Å². The summed E-state index contributed by atoms with van der Waals surface area (Å²) in [5, 5.41) is 0. The van der Waals surface area contributed by atoms with E-state index >= 15 is 0 Å². The molecule has 0 radical (unpaired) electrons. The fraction of sp³-hybridized carbons (Fsp3) is 1.00. The molecule has 0 heterocycles. The van der Waals surface area contributed by atoms with E-state index in [0.29, 0.717) is 0 Å². The molecule has 1 fully saturated rings. The van der Waals surface area contributed by atoms with Crippen LogP contribution in [0.2, 0.25) is 0 Å². The summed E-state index contributed by atoms with van der Waals surface area (Å²) in [7, 11) is 1.50. The Labute approximate surface area is 39.5 Å². The predicted octanol–water partition coefficient (Wildman–Crippen LogP) is 1.14. The molecule has 1 rings (SSSR count). The van der Waals surface area contributed by atoms with Crippen molar-refractivity contribution in [3.05, 3.63) is 0 Å². The number of hydrogen-bond donors (Lipinski definition) is 1. The van der Waals surface area contributed by atoms with E-state index in [2.05, 4.69) is 5.73 Å². The van der Waals surface area contributed by atoms with E-state index in [1.165, 1.54) is 32.7 Å². The van der Waals surface area contributed by atoms with Gasteiger partial charge in [-0.3, -0.25) is 0 Å². The molecule has 38 valence electrons. The molecule has 1 aliphatic carbocycles. The summed E-state index contributed by atoms with van der Waals surface area (Å²) in [5.74, 6) is 0. The summed E-state index contributed by atoms with van der Waals surface area (Å²) in [4.78, 5) is 0. The van der Waals surface area contributed by atoms with Crippen LogP contribution in [0.15, 0.2) is 0 Å². The van der Waals surface area contributed by atoms with E-state index in [0.717, 1.165) is 0 Å². The van der Waals surface area contributed by atoms with Gasteiger partial charge in [-0.25, -0.2) is 0 Å². The third-order valence-corrected chi connectivity index (χ3v) is 1.000. The molecule has 0 amide bonds. The summed E-state index contributed by atoms with van der Waals surface area (Å²) in [5.41, 5.74) is 4.50. The fourth-order valence-corrected chi connectivity index (χ4v) is 0.250. The van der Waals surface area contributed by atoms with Gasteiger partial charge in [0.15, 0.2) is 0 Å². The van der Waals surface area contributed by atoms with Crippen LogP contribution in [-0.4, -0.2) is 7.05 Å². The third-order valence-electron chi connectivity index (χ3n) is 1.000. The lowest BCUT2D eigenvalue weighted by Gasteiger charge is -2.05. The second kappa shape index (κ2) is 4.96. The van der Waals surface area contributed by atoms with Gasteiger partial charge in [0.2, 0.25) is 0 Å². The van der Waals surface area contributed by atoms with Crippen LogP contribution in [0.25, 0.3) is 0 Å². The van der Waals surface area contributed by atoms with Crippen molar-refractivity contribution in [1.82, 2.24) is 0 Å². The lowest BCUT2D eigenvalue weighted by molar-refractivity contribution is 0.504. The molecule has 0 aromatic heterocycles. The standard InChI is InChI=1S/C4H8.CH5N/c1-2-4-3-1;1-2/h1-4H2;2H2,1H3. The molecule has 1 saturated carbocycles.